The van der Waals surface area contributed by atoms with Crippen LogP contribution in [0.15, 0.2) is 0 Å². The molecule has 0 spiro atoms. The molecule has 0 atom stereocenters. The van der Waals surface area contributed by atoms with Gasteiger partial charge < -0.3 is 0 Å². The first-order chi connectivity index (χ1) is 4.85. The average molecular weight is 183 g/mol. The molecule has 10 heavy (non-hydrogen) atoms. The monoisotopic (exact) mass is 183 g/mol. The van der Waals surface area contributed by atoms with E-state index in [0.29, 0.717) is 0 Å². The van der Waals surface area contributed by atoms with Crippen LogP contribution in [0, 0.1) is 0 Å². The normalized spacial score (nSPS) is 9.90. The summed E-state index contributed by atoms with van der Waals surface area (Å²) in [6.07, 6.45) is 0. The first-order valence-corrected chi connectivity index (χ1v) is 6.82. The number of aliphatic hydroxyl groups is 3. The van der Waals surface area contributed by atoms with Crippen LogP contribution in [-0.4, -0.2) is 35.1 Å². The Labute approximate surface area is 67.5 Å². The summed E-state index contributed by atoms with van der Waals surface area (Å²) in [5.41, 5.74) is 0. The molecular formula is C6H15O3Ti. The summed E-state index contributed by atoms with van der Waals surface area (Å²) in [7, 11) is 0. The molecule has 0 aliphatic carbocycles. The second-order valence-corrected chi connectivity index (χ2v) is 6.86. The zero-order valence-corrected chi connectivity index (χ0v) is 7.65. The first kappa shape index (κ1) is 10.6. The van der Waals surface area contributed by atoms with Gasteiger partial charge in [0.1, 0.15) is 0 Å². The van der Waals surface area contributed by atoms with E-state index in [1.54, 1.807) is 0 Å². The predicted octanol–water partition coefficient (Wildman–Crippen LogP) is -0.164. The Hall–Kier alpha value is 0.594. The summed E-state index contributed by atoms with van der Waals surface area (Å²) in [5.74, 6) is 0. The van der Waals surface area contributed by atoms with Crippen LogP contribution in [0.3, 0.4) is 0 Å². The van der Waals surface area contributed by atoms with Crippen molar-refractivity contribution in [3.63, 3.8) is 0 Å². The van der Waals surface area contributed by atoms with Gasteiger partial charge in [0.05, 0.1) is 0 Å². The van der Waals surface area contributed by atoms with E-state index < -0.39 is 17.9 Å². The maximum absolute atomic E-state index is 8.57. The van der Waals surface area contributed by atoms with Crippen molar-refractivity contribution in [1.29, 1.82) is 0 Å². The third-order valence-electron chi connectivity index (χ3n) is 1.40. The molecule has 0 aliphatic rings. The van der Waals surface area contributed by atoms with Gasteiger partial charge in [0.15, 0.2) is 0 Å². The average Bonchev–Trinajstić information content (AvgIpc) is 1.90. The standard InChI is InChI=1S/3C2H5O.Ti/c3*1-2-3;/h3*3H,1-2H2;. The quantitative estimate of drug-likeness (QED) is 0.501. The van der Waals surface area contributed by atoms with Crippen LogP contribution in [0.2, 0.25) is 14.2 Å². The van der Waals surface area contributed by atoms with Crippen molar-refractivity contribution >= 4 is 0 Å². The Kier molecular flexibility index (Phi) is 8.16. The first-order valence-electron chi connectivity index (χ1n) is 3.51. The van der Waals surface area contributed by atoms with Crippen molar-refractivity contribution in [2.45, 2.75) is 14.2 Å². The van der Waals surface area contributed by atoms with Crippen LogP contribution in [0.4, 0.5) is 0 Å². The van der Waals surface area contributed by atoms with Crippen LogP contribution in [0.1, 0.15) is 0 Å². The van der Waals surface area contributed by atoms with Gasteiger partial charge in [0.25, 0.3) is 0 Å². The molecule has 0 aliphatic heterocycles. The summed E-state index contributed by atoms with van der Waals surface area (Å²) in [6.45, 7) is 0.653. The zero-order chi connectivity index (χ0) is 7.82. The molecule has 0 amide bonds. The Morgan fingerprint density at radius 3 is 1.20 bits per heavy atom. The molecule has 0 aromatic carbocycles. The molecule has 0 heterocycles. The van der Waals surface area contributed by atoms with Crippen LogP contribution in [-0.2, 0) is 17.9 Å². The molecule has 0 aromatic rings. The molecule has 0 bridgehead atoms. The van der Waals surface area contributed by atoms with Crippen molar-refractivity contribution in [3.8, 4) is 0 Å². The van der Waals surface area contributed by atoms with Gasteiger partial charge in [-0.3, -0.25) is 0 Å². The van der Waals surface area contributed by atoms with E-state index in [4.69, 9.17) is 15.3 Å². The molecule has 0 rings (SSSR count). The Balaban J connectivity index is 3.30. The van der Waals surface area contributed by atoms with E-state index in [-0.39, 0.29) is 19.8 Å². The molecule has 0 unspecified atom stereocenters. The van der Waals surface area contributed by atoms with Crippen LogP contribution >= 0.6 is 0 Å². The molecule has 0 fully saturated rings. The van der Waals surface area contributed by atoms with E-state index in [9.17, 15) is 0 Å². The number of rotatable bonds is 6. The second-order valence-electron chi connectivity index (χ2n) is 2.17. The minimum absolute atomic E-state index is 0.218. The van der Waals surface area contributed by atoms with Gasteiger partial charge in [-0.05, 0) is 0 Å². The second kappa shape index (κ2) is 7.70. The van der Waals surface area contributed by atoms with Gasteiger partial charge in [-0.25, -0.2) is 0 Å². The number of aliphatic hydroxyl groups excluding tert-OH is 3. The van der Waals surface area contributed by atoms with Crippen molar-refractivity contribution in [2.24, 2.45) is 0 Å². The van der Waals surface area contributed by atoms with E-state index >= 15 is 0 Å². The fourth-order valence-electron chi connectivity index (χ4n) is 0.849. The van der Waals surface area contributed by atoms with E-state index in [2.05, 4.69) is 0 Å². The molecular weight excluding hydrogens is 168 g/mol. The molecule has 3 nitrogen and oxygen atoms in total. The fourth-order valence-corrected chi connectivity index (χ4v) is 3.50. The number of hydrogen-bond acceptors (Lipinski definition) is 3. The van der Waals surface area contributed by atoms with E-state index in [1.807, 2.05) is 0 Å². The SMILES string of the molecule is OC[CH2][Ti]([CH2]CO)[CH2]CO. The van der Waals surface area contributed by atoms with E-state index in [1.165, 1.54) is 0 Å². The fraction of sp³-hybridized carbons (Fsp3) is 1.00. The minimum atomic E-state index is -1.24. The van der Waals surface area contributed by atoms with Crippen LogP contribution in [0.25, 0.3) is 0 Å². The van der Waals surface area contributed by atoms with Crippen molar-refractivity contribution in [1.82, 2.24) is 0 Å². The summed E-state index contributed by atoms with van der Waals surface area (Å²) in [5, 5.41) is 25.7. The topological polar surface area (TPSA) is 60.7 Å². The number of hydrogen-bond donors (Lipinski definition) is 3. The Morgan fingerprint density at radius 2 is 1.00 bits per heavy atom. The van der Waals surface area contributed by atoms with Gasteiger partial charge in [0, 0.05) is 0 Å². The molecule has 61 valence electrons. The van der Waals surface area contributed by atoms with Gasteiger partial charge in [-0.1, -0.05) is 0 Å². The third-order valence-corrected chi connectivity index (χ3v) is 5.76. The third kappa shape index (κ3) is 5.38. The van der Waals surface area contributed by atoms with Crippen LogP contribution in [0.5, 0.6) is 0 Å². The molecule has 0 saturated heterocycles. The molecule has 0 saturated carbocycles. The predicted molar refractivity (Wildman–Crippen MR) is 35.7 cm³/mol. The molecule has 3 N–H and O–H groups in total. The summed E-state index contributed by atoms with van der Waals surface area (Å²) >= 11 is -1.24. The summed E-state index contributed by atoms with van der Waals surface area (Å²) < 4.78 is 2.54. The van der Waals surface area contributed by atoms with Crippen LogP contribution < -0.4 is 0 Å². The van der Waals surface area contributed by atoms with Gasteiger partial charge in [0.2, 0.25) is 0 Å². The Morgan fingerprint density at radius 1 is 0.700 bits per heavy atom. The molecule has 0 radical (unpaired) electrons. The molecule has 4 heteroatoms. The zero-order valence-electron chi connectivity index (χ0n) is 6.08. The maximum atomic E-state index is 8.57. The van der Waals surface area contributed by atoms with Gasteiger partial charge in [-0.15, -0.1) is 0 Å². The summed E-state index contributed by atoms with van der Waals surface area (Å²) in [4.78, 5) is 0. The van der Waals surface area contributed by atoms with Gasteiger partial charge in [-0.2, -0.15) is 0 Å². The summed E-state index contributed by atoms with van der Waals surface area (Å²) in [6, 6.07) is 0. The molecule has 0 aromatic heterocycles. The van der Waals surface area contributed by atoms with Crippen molar-refractivity contribution < 1.29 is 33.2 Å². The van der Waals surface area contributed by atoms with Crippen molar-refractivity contribution in [2.75, 3.05) is 19.8 Å². The van der Waals surface area contributed by atoms with E-state index in [0.717, 1.165) is 14.2 Å². The van der Waals surface area contributed by atoms with Crippen molar-refractivity contribution in [3.05, 3.63) is 0 Å². The Bertz CT molecular complexity index is 55.7. The van der Waals surface area contributed by atoms with Gasteiger partial charge >= 0.3 is 67.2 Å².